The number of benzene rings is 2. The number of rotatable bonds is 7. The highest BCUT2D eigenvalue weighted by molar-refractivity contribution is 6.36. The molecule has 0 saturated heterocycles. The second-order valence-corrected chi connectivity index (χ2v) is 7.32. The number of anilines is 1. The molecule has 1 aliphatic rings. The van der Waals surface area contributed by atoms with Crippen LogP contribution < -0.4 is 14.8 Å². The number of nitrogens with one attached hydrogen (secondary N) is 1. The lowest BCUT2D eigenvalue weighted by Gasteiger charge is -2.15. The van der Waals surface area contributed by atoms with Gasteiger partial charge in [-0.1, -0.05) is 24.3 Å². The first-order valence-corrected chi connectivity index (χ1v) is 10.1. The fourth-order valence-electron chi connectivity index (χ4n) is 3.57. The number of ether oxygens (including phenoxy) is 2. The molecule has 7 heteroatoms. The quantitative estimate of drug-likeness (QED) is 0.576. The van der Waals surface area contributed by atoms with Crippen LogP contribution in [-0.4, -0.2) is 35.9 Å². The number of amides is 2. The van der Waals surface area contributed by atoms with Crippen molar-refractivity contribution in [3.63, 3.8) is 0 Å². The molecule has 0 fully saturated rings. The van der Waals surface area contributed by atoms with Crippen molar-refractivity contribution in [1.29, 1.82) is 0 Å². The van der Waals surface area contributed by atoms with Gasteiger partial charge in [-0.25, -0.2) is 0 Å². The number of hydrogen-bond acceptors (Lipinski definition) is 6. The van der Waals surface area contributed by atoms with E-state index in [0.29, 0.717) is 28.4 Å². The predicted molar refractivity (Wildman–Crippen MR) is 121 cm³/mol. The predicted octanol–water partition coefficient (Wildman–Crippen LogP) is 3.80. The van der Waals surface area contributed by atoms with Gasteiger partial charge in [-0.3, -0.25) is 19.5 Å². The van der Waals surface area contributed by atoms with Gasteiger partial charge in [0, 0.05) is 6.20 Å². The van der Waals surface area contributed by atoms with Crippen molar-refractivity contribution < 1.29 is 19.1 Å². The van der Waals surface area contributed by atoms with Crippen molar-refractivity contribution in [3.8, 4) is 11.5 Å². The molecule has 1 aromatic heterocycles. The van der Waals surface area contributed by atoms with E-state index in [9.17, 15) is 9.59 Å². The van der Waals surface area contributed by atoms with E-state index >= 15 is 0 Å². The number of nitrogens with zero attached hydrogens (tertiary/aromatic N) is 2. The van der Waals surface area contributed by atoms with E-state index in [1.54, 1.807) is 56.8 Å². The molecule has 0 radical (unpaired) electrons. The summed E-state index contributed by atoms with van der Waals surface area (Å²) in [5.41, 5.74) is 3.31. The molecule has 0 unspecified atom stereocenters. The Hall–Kier alpha value is -4.13. The minimum atomic E-state index is -0.421. The standard InChI is InChI=1S/C25H23N3O4/c1-16-7-12-21(32-3)20(14-16)27-23-22(17-8-10-19(31-2)11-9-17)24(29)28(25(23)30)15-18-6-4-5-13-26-18/h4-14,27H,15H2,1-3H3. The molecule has 3 aromatic rings. The molecule has 0 atom stereocenters. The molecule has 2 amide bonds. The van der Waals surface area contributed by atoms with Gasteiger partial charge >= 0.3 is 0 Å². The number of aromatic nitrogens is 1. The van der Waals surface area contributed by atoms with Gasteiger partial charge in [0.1, 0.15) is 17.2 Å². The highest BCUT2D eigenvalue weighted by Crippen LogP contribution is 2.34. The molecule has 0 aliphatic carbocycles. The number of carbonyl (C=O) groups is 2. The van der Waals surface area contributed by atoms with Gasteiger partial charge in [-0.2, -0.15) is 0 Å². The lowest BCUT2D eigenvalue weighted by atomic mass is 10.0. The van der Waals surface area contributed by atoms with Gasteiger partial charge in [-0.15, -0.1) is 0 Å². The van der Waals surface area contributed by atoms with E-state index in [-0.39, 0.29) is 23.7 Å². The lowest BCUT2D eigenvalue weighted by molar-refractivity contribution is -0.137. The summed E-state index contributed by atoms with van der Waals surface area (Å²) in [7, 11) is 3.13. The van der Waals surface area contributed by atoms with Crippen molar-refractivity contribution in [1.82, 2.24) is 9.88 Å². The Morgan fingerprint density at radius 3 is 2.38 bits per heavy atom. The van der Waals surface area contributed by atoms with Crippen molar-refractivity contribution in [3.05, 3.63) is 89.4 Å². The maximum Gasteiger partial charge on any atom is 0.278 e. The minimum Gasteiger partial charge on any atom is -0.497 e. The number of pyridine rings is 1. The fourth-order valence-corrected chi connectivity index (χ4v) is 3.57. The van der Waals surface area contributed by atoms with E-state index in [2.05, 4.69) is 10.3 Å². The third-order valence-corrected chi connectivity index (χ3v) is 5.21. The topological polar surface area (TPSA) is 80.8 Å². The summed E-state index contributed by atoms with van der Waals surface area (Å²) < 4.78 is 10.7. The van der Waals surface area contributed by atoms with Crippen molar-refractivity contribution in [2.75, 3.05) is 19.5 Å². The van der Waals surface area contributed by atoms with Crippen molar-refractivity contribution in [2.45, 2.75) is 13.5 Å². The molecule has 7 nitrogen and oxygen atoms in total. The first-order valence-electron chi connectivity index (χ1n) is 10.1. The molecule has 2 aromatic carbocycles. The zero-order valence-electron chi connectivity index (χ0n) is 18.1. The third kappa shape index (κ3) is 4.05. The van der Waals surface area contributed by atoms with E-state index in [4.69, 9.17) is 9.47 Å². The molecule has 0 saturated carbocycles. The molecule has 32 heavy (non-hydrogen) atoms. The Balaban J connectivity index is 1.78. The Bertz CT molecular complexity index is 1190. The van der Waals surface area contributed by atoms with Gasteiger partial charge in [0.15, 0.2) is 0 Å². The van der Waals surface area contributed by atoms with Crippen LogP contribution in [0.2, 0.25) is 0 Å². The molecule has 2 heterocycles. The Kier molecular flexibility index (Phi) is 5.89. The molecule has 162 valence electrons. The van der Waals surface area contributed by atoms with Crippen LogP contribution in [0.3, 0.4) is 0 Å². The van der Waals surface area contributed by atoms with E-state index in [1.165, 1.54) is 4.90 Å². The van der Waals surface area contributed by atoms with Crippen LogP contribution >= 0.6 is 0 Å². The van der Waals surface area contributed by atoms with Crippen LogP contribution in [0, 0.1) is 6.92 Å². The van der Waals surface area contributed by atoms with Crippen LogP contribution in [0.1, 0.15) is 16.8 Å². The SMILES string of the molecule is COc1ccc(C2=C(Nc3cc(C)ccc3OC)C(=O)N(Cc3ccccn3)C2=O)cc1. The molecule has 1 aliphatic heterocycles. The van der Waals surface area contributed by atoms with Gasteiger partial charge in [0.25, 0.3) is 11.8 Å². The summed E-state index contributed by atoms with van der Waals surface area (Å²) in [6, 6.07) is 18.0. The highest BCUT2D eigenvalue weighted by atomic mass is 16.5. The molecule has 4 rings (SSSR count). The van der Waals surface area contributed by atoms with E-state index < -0.39 is 5.91 Å². The summed E-state index contributed by atoms with van der Waals surface area (Å²) in [6.07, 6.45) is 1.63. The summed E-state index contributed by atoms with van der Waals surface area (Å²) in [4.78, 5) is 32.3. The first-order chi connectivity index (χ1) is 15.5. The molecular formula is C25H23N3O4. The largest absolute Gasteiger partial charge is 0.497 e. The molecule has 0 bridgehead atoms. The van der Waals surface area contributed by atoms with Crippen LogP contribution in [0.25, 0.3) is 5.57 Å². The maximum atomic E-state index is 13.4. The lowest BCUT2D eigenvalue weighted by Crippen LogP contribution is -2.32. The Morgan fingerprint density at radius 2 is 1.72 bits per heavy atom. The van der Waals surface area contributed by atoms with Crippen molar-refractivity contribution >= 4 is 23.1 Å². The van der Waals surface area contributed by atoms with Crippen LogP contribution in [-0.2, 0) is 16.1 Å². The van der Waals surface area contributed by atoms with Gasteiger partial charge < -0.3 is 14.8 Å². The maximum absolute atomic E-state index is 13.4. The summed E-state index contributed by atoms with van der Waals surface area (Å²) in [5.74, 6) is 0.418. The van der Waals surface area contributed by atoms with E-state index in [1.807, 2.05) is 31.2 Å². The average molecular weight is 429 g/mol. The minimum absolute atomic E-state index is 0.0777. The zero-order valence-corrected chi connectivity index (χ0v) is 18.1. The number of hydrogen-bond donors (Lipinski definition) is 1. The summed E-state index contributed by atoms with van der Waals surface area (Å²) >= 11 is 0. The molecular weight excluding hydrogens is 406 g/mol. The number of methoxy groups -OCH3 is 2. The van der Waals surface area contributed by atoms with Gasteiger partial charge in [0.05, 0.1) is 37.7 Å². The zero-order chi connectivity index (χ0) is 22.7. The number of carbonyl (C=O) groups excluding carboxylic acids is 2. The van der Waals surface area contributed by atoms with Crippen molar-refractivity contribution in [2.24, 2.45) is 0 Å². The molecule has 1 N–H and O–H groups in total. The van der Waals surface area contributed by atoms with E-state index in [0.717, 1.165) is 5.56 Å². The summed E-state index contributed by atoms with van der Waals surface area (Å²) in [5, 5.41) is 3.17. The Morgan fingerprint density at radius 1 is 0.938 bits per heavy atom. The summed E-state index contributed by atoms with van der Waals surface area (Å²) in [6.45, 7) is 2.02. The van der Waals surface area contributed by atoms with Crippen LogP contribution in [0.15, 0.2) is 72.6 Å². The normalized spacial score (nSPS) is 13.5. The number of aryl methyl sites for hydroxylation is 1. The smallest absolute Gasteiger partial charge is 0.278 e. The first kappa shape index (κ1) is 21.1. The third-order valence-electron chi connectivity index (χ3n) is 5.21. The van der Waals surface area contributed by atoms with Crippen LogP contribution in [0.4, 0.5) is 5.69 Å². The van der Waals surface area contributed by atoms with Crippen LogP contribution in [0.5, 0.6) is 11.5 Å². The second kappa shape index (κ2) is 8.93. The average Bonchev–Trinajstić information content (AvgIpc) is 3.04. The fraction of sp³-hybridized carbons (Fsp3) is 0.160. The second-order valence-electron chi connectivity index (χ2n) is 7.32. The Labute approximate surface area is 186 Å². The van der Waals surface area contributed by atoms with Gasteiger partial charge in [0.2, 0.25) is 0 Å². The highest BCUT2D eigenvalue weighted by Gasteiger charge is 2.39. The number of imide groups is 1. The molecule has 0 spiro atoms. The van der Waals surface area contributed by atoms with Gasteiger partial charge in [-0.05, 0) is 54.4 Å². The monoisotopic (exact) mass is 429 g/mol.